The predicted octanol–water partition coefficient (Wildman–Crippen LogP) is 3.29. The molecule has 5 heteroatoms. The first kappa shape index (κ1) is 15.2. The van der Waals surface area contributed by atoms with Gasteiger partial charge in [-0.2, -0.15) is 15.0 Å². The molecule has 0 aliphatic carbocycles. The van der Waals surface area contributed by atoms with E-state index in [0.717, 1.165) is 23.1 Å². The lowest BCUT2D eigenvalue weighted by Gasteiger charge is -2.12. The van der Waals surface area contributed by atoms with Crippen molar-refractivity contribution < 1.29 is 4.74 Å². The van der Waals surface area contributed by atoms with E-state index in [1.807, 2.05) is 0 Å². The van der Waals surface area contributed by atoms with E-state index in [1.165, 1.54) is 5.56 Å². The average molecular weight is 286 g/mol. The molecule has 2 aromatic rings. The Morgan fingerprint density at radius 2 is 1.71 bits per heavy atom. The largest absolute Gasteiger partial charge is 0.463 e. The molecule has 5 nitrogen and oxygen atoms in total. The van der Waals surface area contributed by atoms with E-state index in [1.54, 1.807) is 7.05 Å². The molecule has 1 aromatic heterocycles. The molecule has 0 atom stereocenters. The van der Waals surface area contributed by atoms with Gasteiger partial charge in [0.15, 0.2) is 5.82 Å². The molecule has 1 aromatic carbocycles. The molecule has 0 amide bonds. The zero-order valence-electron chi connectivity index (χ0n) is 13.3. The fourth-order valence-corrected chi connectivity index (χ4v) is 2.37. The summed E-state index contributed by atoms with van der Waals surface area (Å²) in [6.07, 6.45) is 0.915. The van der Waals surface area contributed by atoms with Crippen molar-refractivity contribution in [3.05, 3.63) is 28.8 Å². The second kappa shape index (κ2) is 6.52. The number of nitrogens with zero attached hydrogens (tertiary/aromatic N) is 3. The molecule has 0 spiro atoms. The highest BCUT2D eigenvalue weighted by atomic mass is 16.5. The average Bonchev–Trinajstić information content (AvgIpc) is 2.43. The van der Waals surface area contributed by atoms with Crippen molar-refractivity contribution in [1.82, 2.24) is 15.0 Å². The fraction of sp³-hybridized carbons (Fsp3) is 0.438. The lowest BCUT2D eigenvalue weighted by atomic mass is 9.99. The molecule has 21 heavy (non-hydrogen) atoms. The molecule has 1 heterocycles. The number of rotatable bonds is 5. The van der Waals surface area contributed by atoms with Crippen LogP contribution in [-0.4, -0.2) is 28.6 Å². The van der Waals surface area contributed by atoms with Crippen LogP contribution in [0.15, 0.2) is 12.1 Å². The third-order valence-electron chi connectivity index (χ3n) is 3.17. The lowest BCUT2D eigenvalue weighted by molar-refractivity contribution is 0.292. The molecular formula is C16H22N4O. The van der Waals surface area contributed by atoms with E-state index in [-0.39, 0.29) is 0 Å². The number of hydrogen-bond acceptors (Lipinski definition) is 5. The zero-order valence-corrected chi connectivity index (χ0v) is 13.3. The molecular weight excluding hydrogens is 264 g/mol. The minimum absolute atomic E-state index is 0.366. The summed E-state index contributed by atoms with van der Waals surface area (Å²) in [4.78, 5) is 13.2. The normalized spacial score (nSPS) is 10.5. The van der Waals surface area contributed by atoms with Gasteiger partial charge < -0.3 is 10.1 Å². The smallest absolute Gasteiger partial charge is 0.321 e. The van der Waals surface area contributed by atoms with Crippen LogP contribution >= 0.6 is 0 Å². The van der Waals surface area contributed by atoms with Gasteiger partial charge >= 0.3 is 6.01 Å². The first-order chi connectivity index (χ1) is 10.0. The van der Waals surface area contributed by atoms with Crippen LogP contribution in [0.5, 0.6) is 6.01 Å². The third-order valence-corrected chi connectivity index (χ3v) is 3.17. The summed E-state index contributed by atoms with van der Waals surface area (Å²) in [7, 11) is 1.79. The van der Waals surface area contributed by atoms with Gasteiger partial charge in [-0.1, -0.05) is 24.6 Å². The van der Waals surface area contributed by atoms with Gasteiger partial charge in [-0.15, -0.1) is 0 Å². The van der Waals surface area contributed by atoms with E-state index in [9.17, 15) is 0 Å². The van der Waals surface area contributed by atoms with Gasteiger partial charge in [0.25, 0.3) is 0 Å². The summed E-state index contributed by atoms with van der Waals surface area (Å²) < 4.78 is 5.56. The monoisotopic (exact) mass is 286 g/mol. The van der Waals surface area contributed by atoms with Crippen molar-refractivity contribution in [1.29, 1.82) is 0 Å². The zero-order chi connectivity index (χ0) is 15.4. The van der Waals surface area contributed by atoms with Gasteiger partial charge in [-0.25, -0.2) is 0 Å². The van der Waals surface area contributed by atoms with Crippen LogP contribution in [0, 0.1) is 20.8 Å². The van der Waals surface area contributed by atoms with Crippen molar-refractivity contribution >= 4 is 5.95 Å². The molecule has 0 saturated heterocycles. The molecule has 0 saturated carbocycles. The van der Waals surface area contributed by atoms with Crippen LogP contribution in [0.3, 0.4) is 0 Å². The Morgan fingerprint density at radius 1 is 1.05 bits per heavy atom. The summed E-state index contributed by atoms with van der Waals surface area (Å²) in [6, 6.07) is 4.64. The summed E-state index contributed by atoms with van der Waals surface area (Å²) in [5.41, 5.74) is 4.59. The van der Waals surface area contributed by atoms with Crippen LogP contribution < -0.4 is 10.1 Å². The third kappa shape index (κ3) is 3.48. The van der Waals surface area contributed by atoms with E-state index in [4.69, 9.17) is 4.74 Å². The maximum absolute atomic E-state index is 5.56. The number of aryl methyl sites for hydroxylation is 3. The van der Waals surface area contributed by atoms with Crippen molar-refractivity contribution in [3.63, 3.8) is 0 Å². The summed E-state index contributed by atoms with van der Waals surface area (Å²) in [5, 5.41) is 2.96. The Balaban J connectivity index is 2.52. The Bertz CT molecular complexity index is 617. The van der Waals surface area contributed by atoms with Crippen molar-refractivity contribution in [3.8, 4) is 17.4 Å². The topological polar surface area (TPSA) is 59.9 Å². The molecule has 0 fully saturated rings. The molecule has 1 N–H and O–H groups in total. The second-order valence-electron chi connectivity index (χ2n) is 5.14. The van der Waals surface area contributed by atoms with Crippen molar-refractivity contribution in [2.75, 3.05) is 19.0 Å². The van der Waals surface area contributed by atoms with Gasteiger partial charge in [0, 0.05) is 12.6 Å². The van der Waals surface area contributed by atoms with E-state index in [0.29, 0.717) is 24.4 Å². The first-order valence-electron chi connectivity index (χ1n) is 7.20. The second-order valence-corrected chi connectivity index (χ2v) is 5.14. The predicted molar refractivity (Wildman–Crippen MR) is 84.8 cm³/mol. The standard InChI is InChI=1S/C16H22N4O/c1-6-7-21-16-19-14(18-15(17-5)20-16)13-11(3)8-10(2)9-12(13)4/h8-9H,6-7H2,1-5H3,(H,17,18,19,20). The molecule has 0 unspecified atom stereocenters. The maximum atomic E-state index is 5.56. The Morgan fingerprint density at radius 3 is 2.29 bits per heavy atom. The minimum atomic E-state index is 0.366. The molecule has 0 bridgehead atoms. The van der Waals surface area contributed by atoms with E-state index >= 15 is 0 Å². The number of nitrogens with one attached hydrogen (secondary N) is 1. The number of benzene rings is 1. The van der Waals surface area contributed by atoms with E-state index < -0.39 is 0 Å². The number of anilines is 1. The highest BCUT2D eigenvalue weighted by Crippen LogP contribution is 2.27. The van der Waals surface area contributed by atoms with Crippen LogP contribution in [0.1, 0.15) is 30.0 Å². The minimum Gasteiger partial charge on any atom is -0.463 e. The summed E-state index contributed by atoms with van der Waals surface area (Å²) in [5.74, 6) is 1.17. The van der Waals surface area contributed by atoms with Gasteiger partial charge in [-0.05, 0) is 38.3 Å². The Kier molecular flexibility index (Phi) is 4.73. The maximum Gasteiger partial charge on any atom is 0.321 e. The quantitative estimate of drug-likeness (QED) is 0.914. The Hall–Kier alpha value is -2.17. The number of hydrogen-bond donors (Lipinski definition) is 1. The highest BCUT2D eigenvalue weighted by Gasteiger charge is 2.13. The van der Waals surface area contributed by atoms with Crippen LogP contribution in [-0.2, 0) is 0 Å². The number of aromatic nitrogens is 3. The highest BCUT2D eigenvalue weighted by molar-refractivity contribution is 5.66. The molecule has 0 aliphatic rings. The van der Waals surface area contributed by atoms with Crippen LogP contribution in [0.2, 0.25) is 0 Å². The molecule has 112 valence electrons. The lowest BCUT2D eigenvalue weighted by Crippen LogP contribution is -2.07. The van der Waals surface area contributed by atoms with E-state index in [2.05, 4.69) is 60.1 Å². The SMILES string of the molecule is CCCOc1nc(NC)nc(-c2c(C)cc(C)cc2C)n1. The van der Waals surface area contributed by atoms with Gasteiger partial charge in [0.2, 0.25) is 5.95 Å². The van der Waals surface area contributed by atoms with Crippen molar-refractivity contribution in [2.24, 2.45) is 0 Å². The first-order valence-corrected chi connectivity index (χ1v) is 7.20. The van der Waals surface area contributed by atoms with Gasteiger partial charge in [-0.3, -0.25) is 0 Å². The van der Waals surface area contributed by atoms with Crippen LogP contribution in [0.4, 0.5) is 5.95 Å². The van der Waals surface area contributed by atoms with Crippen LogP contribution in [0.25, 0.3) is 11.4 Å². The van der Waals surface area contributed by atoms with Gasteiger partial charge in [0.05, 0.1) is 6.61 Å². The molecule has 0 aliphatic heterocycles. The fourth-order valence-electron chi connectivity index (χ4n) is 2.37. The number of ether oxygens (including phenoxy) is 1. The molecule has 2 rings (SSSR count). The molecule has 0 radical (unpaired) electrons. The van der Waals surface area contributed by atoms with Gasteiger partial charge in [0.1, 0.15) is 0 Å². The Labute approximate surface area is 125 Å². The summed E-state index contributed by atoms with van der Waals surface area (Å²) >= 11 is 0. The summed E-state index contributed by atoms with van der Waals surface area (Å²) in [6.45, 7) is 8.88. The van der Waals surface area contributed by atoms with Crippen molar-refractivity contribution in [2.45, 2.75) is 34.1 Å².